The highest BCUT2D eigenvalue weighted by Gasteiger charge is 2.25. The zero-order valence-corrected chi connectivity index (χ0v) is 13.1. The van der Waals surface area contributed by atoms with Crippen LogP contribution in [0.25, 0.3) is 0 Å². The maximum absolute atomic E-state index is 12.7. The Bertz CT molecular complexity index is 660. The molecular formula is C18H21N3O2. The molecule has 2 aromatic rings. The largest absolute Gasteiger partial charge is 0.395 e. The third kappa shape index (κ3) is 3.75. The van der Waals surface area contributed by atoms with Gasteiger partial charge in [0.05, 0.1) is 13.2 Å². The van der Waals surface area contributed by atoms with Crippen molar-refractivity contribution in [2.75, 3.05) is 31.1 Å². The van der Waals surface area contributed by atoms with Gasteiger partial charge in [0.15, 0.2) is 0 Å². The normalized spacial score (nSPS) is 13.4. The van der Waals surface area contributed by atoms with E-state index in [1.165, 1.54) is 5.56 Å². The summed E-state index contributed by atoms with van der Waals surface area (Å²) >= 11 is 0. The average Bonchev–Trinajstić information content (AvgIpc) is 3.00. The number of carbonyl (C=O) groups excluding carboxylic acids is 1. The van der Waals surface area contributed by atoms with Crippen molar-refractivity contribution in [1.29, 1.82) is 0 Å². The second-order valence-corrected chi connectivity index (χ2v) is 5.72. The number of amides is 1. The number of hydrogen-bond acceptors (Lipinski definition) is 4. The van der Waals surface area contributed by atoms with Crippen molar-refractivity contribution >= 4 is 11.6 Å². The van der Waals surface area contributed by atoms with Gasteiger partial charge in [0.25, 0.3) is 0 Å². The highest BCUT2D eigenvalue weighted by Crippen LogP contribution is 2.27. The molecular weight excluding hydrogens is 290 g/mol. The zero-order valence-electron chi connectivity index (χ0n) is 13.1. The second kappa shape index (κ2) is 7.35. The number of hydrogen-bond donors (Lipinski definition) is 1. The monoisotopic (exact) mass is 311 g/mol. The van der Waals surface area contributed by atoms with Gasteiger partial charge in [0.1, 0.15) is 0 Å². The van der Waals surface area contributed by atoms with Crippen molar-refractivity contribution in [3.05, 3.63) is 59.9 Å². The highest BCUT2D eigenvalue weighted by molar-refractivity contribution is 5.96. The van der Waals surface area contributed by atoms with Crippen LogP contribution in [0.5, 0.6) is 0 Å². The van der Waals surface area contributed by atoms with Crippen LogP contribution >= 0.6 is 0 Å². The number of benzene rings is 1. The summed E-state index contributed by atoms with van der Waals surface area (Å²) < 4.78 is 0. The van der Waals surface area contributed by atoms with Crippen molar-refractivity contribution < 1.29 is 9.90 Å². The van der Waals surface area contributed by atoms with Crippen molar-refractivity contribution in [3.63, 3.8) is 0 Å². The molecule has 1 aromatic carbocycles. The molecule has 0 unspecified atom stereocenters. The summed E-state index contributed by atoms with van der Waals surface area (Å²) in [7, 11) is 0. The number of aliphatic hydroxyl groups excluding tert-OH is 1. The summed E-state index contributed by atoms with van der Waals surface area (Å²) in [6.07, 6.45) is 4.43. The molecule has 23 heavy (non-hydrogen) atoms. The standard InChI is InChI=1S/C18H21N3O2/c22-11-10-20(13-15-4-3-8-19-12-15)14-18(23)21-9-7-16-5-1-2-6-17(16)21/h1-6,8,12,22H,7,9-11,13-14H2. The van der Waals surface area contributed by atoms with E-state index in [2.05, 4.69) is 11.1 Å². The van der Waals surface area contributed by atoms with E-state index in [4.69, 9.17) is 0 Å². The first kappa shape index (κ1) is 15.6. The number of fused-ring (bicyclic) bond motifs is 1. The third-order valence-electron chi connectivity index (χ3n) is 4.09. The number of anilines is 1. The Hall–Kier alpha value is -2.24. The molecule has 5 heteroatoms. The molecule has 0 spiro atoms. The Labute approximate surface area is 136 Å². The van der Waals surface area contributed by atoms with Crippen molar-refractivity contribution in [2.24, 2.45) is 0 Å². The molecule has 3 rings (SSSR count). The van der Waals surface area contributed by atoms with Gasteiger partial charge in [0, 0.05) is 37.7 Å². The van der Waals surface area contributed by atoms with Crippen LogP contribution in [0.2, 0.25) is 0 Å². The molecule has 1 aromatic heterocycles. The molecule has 0 atom stereocenters. The topological polar surface area (TPSA) is 56.7 Å². The summed E-state index contributed by atoms with van der Waals surface area (Å²) in [5.41, 5.74) is 3.28. The Balaban J connectivity index is 1.67. The van der Waals surface area contributed by atoms with Crippen molar-refractivity contribution in [3.8, 4) is 0 Å². The number of para-hydroxylation sites is 1. The molecule has 1 aliphatic rings. The van der Waals surface area contributed by atoms with Gasteiger partial charge in [-0.2, -0.15) is 0 Å². The van der Waals surface area contributed by atoms with E-state index < -0.39 is 0 Å². The molecule has 0 saturated heterocycles. The van der Waals surface area contributed by atoms with E-state index in [-0.39, 0.29) is 12.5 Å². The summed E-state index contributed by atoms with van der Waals surface area (Å²) in [5.74, 6) is 0.0762. The van der Waals surface area contributed by atoms with Crippen molar-refractivity contribution in [1.82, 2.24) is 9.88 Å². The molecule has 2 heterocycles. The summed E-state index contributed by atoms with van der Waals surface area (Å²) in [5, 5.41) is 9.27. The lowest BCUT2D eigenvalue weighted by Crippen LogP contribution is -2.40. The molecule has 0 radical (unpaired) electrons. The van der Waals surface area contributed by atoms with Gasteiger partial charge in [-0.25, -0.2) is 0 Å². The molecule has 1 N–H and O–H groups in total. The van der Waals surface area contributed by atoms with E-state index in [1.807, 2.05) is 40.1 Å². The number of rotatable bonds is 6. The molecule has 1 amide bonds. The fourth-order valence-electron chi connectivity index (χ4n) is 2.98. The fourth-order valence-corrected chi connectivity index (χ4v) is 2.98. The van der Waals surface area contributed by atoms with Crippen LogP contribution in [0.4, 0.5) is 5.69 Å². The summed E-state index contributed by atoms with van der Waals surface area (Å²) in [6, 6.07) is 11.9. The SMILES string of the molecule is O=C(CN(CCO)Cc1cccnc1)N1CCc2ccccc21. The predicted octanol–water partition coefficient (Wildman–Crippen LogP) is 1.47. The number of carbonyl (C=O) groups is 1. The molecule has 0 saturated carbocycles. The minimum Gasteiger partial charge on any atom is -0.395 e. The van der Waals surface area contributed by atoms with E-state index in [1.54, 1.807) is 12.4 Å². The average molecular weight is 311 g/mol. The van der Waals surface area contributed by atoms with Crippen LogP contribution in [0, 0.1) is 0 Å². The Morgan fingerprint density at radius 3 is 2.91 bits per heavy atom. The van der Waals surface area contributed by atoms with Gasteiger partial charge in [-0.3, -0.25) is 14.7 Å². The number of aromatic nitrogens is 1. The van der Waals surface area contributed by atoms with Crippen LogP contribution in [0.1, 0.15) is 11.1 Å². The quantitative estimate of drug-likeness (QED) is 0.877. The van der Waals surface area contributed by atoms with E-state index in [0.717, 1.165) is 24.2 Å². The third-order valence-corrected chi connectivity index (χ3v) is 4.09. The Kier molecular flexibility index (Phi) is 5.00. The molecule has 120 valence electrons. The highest BCUT2D eigenvalue weighted by atomic mass is 16.3. The lowest BCUT2D eigenvalue weighted by atomic mass is 10.2. The van der Waals surface area contributed by atoms with Gasteiger partial charge in [-0.05, 0) is 29.7 Å². The van der Waals surface area contributed by atoms with Gasteiger partial charge in [-0.15, -0.1) is 0 Å². The van der Waals surface area contributed by atoms with E-state index >= 15 is 0 Å². The molecule has 1 aliphatic heterocycles. The lowest BCUT2D eigenvalue weighted by Gasteiger charge is -2.24. The Morgan fingerprint density at radius 1 is 1.26 bits per heavy atom. The first-order valence-corrected chi connectivity index (χ1v) is 7.88. The van der Waals surface area contributed by atoms with E-state index in [9.17, 15) is 9.90 Å². The van der Waals surface area contributed by atoms with Gasteiger partial charge in [-0.1, -0.05) is 24.3 Å². The Morgan fingerprint density at radius 2 is 2.13 bits per heavy atom. The molecule has 0 bridgehead atoms. The van der Waals surface area contributed by atoms with Crippen LogP contribution in [-0.4, -0.2) is 47.1 Å². The molecule has 0 aliphatic carbocycles. The van der Waals surface area contributed by atoms with Gasteiger partial charge < -0.3 is 10.0 Å². The van der Waals surface area contributed by atoms with Gasteiger partial charge >= 0.3 is 0 Å². The minimum absolute atomic E-state index is 0.0319. The molecule has 0 fully saturated rings. The second-order valence-electron chi connectivity index (χ2n) is 5.72. The minimum atomic E-state index is 0.0319. The van der Waals surface area contributed by atoms with Crippen LogP contribution < -0.4 is 4.90 Å². The van der Waals surface area contributed by atoms with Crippen molar-refractivity contribution in [2.45, 2.75) is 13.0 Å². The van der Waals surface area contributed by atoms with Crippen LogP contribution in [0.3, 0.4) is 0 Å². The van der Waals surface area contributed by atoms with Crippen LogP contribution in [0.15, 0.2) is 48.8 Å². The summed E-state index contributed by atoms with van der Waals surface area (Å²) in [6.45, 7) is 2.14. The maximum Gasteiger partial charge on any atom is 0.241 e. The number of aliphatic hydroxyl groups is 1. The lowest BCUT2D eigenvalue weighted by molar-refractivity contribution is -0.119. The van der Waals surface area contributed by atoms with Gasteiger partial charge in [0.2, 0.25) is 5.91 Å². The molecule has 5 nitrogen and oxygen atoms in total. The maximum atomic E-state index is 12.7. The smallest absolute Gasteiger partial charge is 0.241 e. The predicted molar refractivity (Wildman–Crippen MR) is 89.1 cm³/mol. The first-order valence-electron chi connectivity index (χ1n) is 7.88. The zero-order chi connectivity index (χ0) is 16.1. The first-order chi connectivity index (χ1) is 11.3. The van der Waals surface area contributed by atoms with E-state index in [0.29, 0.717) is 19.6 Å². The number of pyridine rings is 1. The number of nitrogens with zero attached hydrogens (tertiary/aromatic N) is 3. The summed E-state index contributed by atoms with van der Waals surface area (Å²) in [4.78, 5) is 20.6. The fraction of sp³-hybridized carbons (Fsp3) is 0.333. The van der Waals surface area contributed by atoms with Crippen LogP contribution in [-0.2, 0) is 17.8 Å².